The molecule has 4 heteroatoms. The van der Waals surface area contributed by atoms with Crippen LogP contribution in [0.3, 0.4) is 0 Å². The van der Waals surface area contributed by atoms with Crippen LogP contribution in [-0.2, 0) is 14.3 Å². The van der Waals surface area contributed by atoms with Crippen molar-refractivity contribution in [2.75, 3.05) is 6.61 Å². The zero-order valence-electron chi connectivity index (χ0n) is 5.14. The quantitative estimate of drug-likeness (QED) is 0.390. The second kappa shape index (κ2) is 3.88. The molecule has 1 radical (unpaired) electrons. The van der Waals surface area contributed by atoms with Crippen molar-refractivity contribution in [1.29, 1.82) is 0 Å². The molecular formula is C5H8NO3. The van der Waals surface area contributed by atoms with Gasteiger partial charge in [-0.05, 0) is 6.92 Å². The van der Waals surface area contributed by atoms with Gasteiger partial charge in [-0.15, -0.1) is 0 Å². The summed E-state index contributed by atoms with van der Waals surface area (Å²) in [5, 5.41) is 0. The number of carbonyl (C=O) groups is 2. The number of carbonyl (C=O) groups excluding carboxylic acids is 2. The number of ether oxygens (including phenoxy) is 1. The molecule has 0 saturated carbocycles. The third-order valence-electron chi connectivity index (χ3n) is 0.610. The molecule has 0 aliphatic rings. The third kappa shape index (κ3) is 4.80. The monoisotopic (exact) mass is 130 g/mol. The Kier molecular flexibility index (Phi) is 3.43. The highest BCUT2D eigenvalue weighted by Gasteiger charge is 2.05. The molecule has 0 atom stereocenters. The van der Waals surface area contributed by atoms with Crippen LogP contribution in [0.15, 0.2) is 0 Å². The van der Waals surface area contributed by atoms with Gasteiger partial charge in [0.05, 0.1) is 6.61 Å². The molecule has 0 unspecified atom stereocenters. The number of rotatable bonds is 3. The molecule has 0 heterocycles. The maximum Gasteiger partial charge on any atom is 0.315 e. The average molecular weight is 130 g/mol. The highest BCUT2D eigenvalue weighted by atomic mass is 16.5. The molecule has 0 aliphatic heterocycles. The van der Waals surface area contributed by atoms with Gasteiger partial charge in [-0.1, -0.05) is 0 Å². The Morgan fingerprint density at radius 2 is 2.11 bits per heavy atom. The van der Waals surface area contributed by atoms with E-state index in [0.29, 0.717) is 0 Å². The first-order valence-corrected chi connectivity index (χ1v) is 2.57. The molecule has 51 valence electrons. The van der Waals surface area contributed by atoms with E-state index in [9.17, 15) is 9.59 Å². The van der Waals surface area contributed by atoms with Gasteiger partial charge < -0.3 is 4.74 Å². The molecule has 0 aromatic heterocycles. The van der Waals surface area contributed by atoms with Crippen LogP contribution in [0.2, 0.25) is 0 Å². The van der Waals surface area contributed by atoms with Crippen molar-refractivity contribution in [3.8, 4) is 0 Å². The SMILES string of the molecule is CCOC(=O)CC([NH])=O. The lowest BCUT2D eigenvalue weighted by molar-refractivity contribution is -0.145. The smallest absolute Gasteiger partial charge is 0.315 e. The normalized spacial score (nSPS) is 8.56. The zero-order chi connectivity index (χ0) is 7.28. The Balaban J connectivity index is 3.39. The van der Waals surface area contributed by atoms with Crippen molar-refractivity contribution < 1.29 is 14.3 Å². The summed E-state index contributed by atoms with van der Waals surface area (Å²) in [5.41, 5.74) is 6.35. The topological polar surface area (TPSA) is 67.2 Å². The Morgan fingerprint density at radius 1 is 1.56 bits per heavy atom. The molecule has 1 amide bonds. The standard InChI is InChI=1S/C5H8NO3/c1-2-9-5(8)3-4(6)7/h6H,2-3H2,1H3. The van der Waals surface area contributed by atoms with Crippen molar-refractivity contribution in [2.24, 2.45) is 0 Å². The zero-order valence-corrected chi connectivity index (χ0v) is 5.14. The van der Waals surface area contributed by atoms with Gasteiger partial charge in [-0.2, -0.15) is 0 Å². The predicted molar refractivity (Wildman–Crippen MR) is 29.4 cm³/mol. The van der Waals surface area contributed by atoms with Gasteiger partial charge in [0.1, 0.15) is 6.42 Å². The first-order chi connectivity index (χ1) is 4.16. The number of hydrogen-bond acceptors (Lipinski definition) is 3. The molecular weight excluding hydrogens is 122 g/mol. The van der Waals surface area contributed by atoms with Crippen molar-refractivity contribution >= 4 is 11.9 Å². The van der Waals surface area contributed by atoms with E-state index in [-0.39, 0.29) is 6.61 Å². The minimum Gasteiger partial charge on any atom is -0.466 e. The molecule has 0 bridgehead atoms. The number of hydrogen-bond donors (Lipinski definition) is 0. The van der Waals surface area contributed by atoms with Crippen molar-refractivity contribution in [1.82, 2.24) is 5.73 Å². The van der Waals surface area contributed by atoms with Crippen LogP contribution in [-0.4, -0.2) is 18.5 Å². The summed E-state index contributed by atoms with van der Waals surface area (Å²) in [6, 6.07) is 0. The van der Waals surface area contributed by atoms with Gasteiger partial charge in [0.25, 0.3) is 0 Å². The fourth-order valence-electron chi connectivity index (χ4n) is 0.343. The van der Waals surface area contributed by atoms with E-state index in [0.717, 1.165) is 0 Å². The lowest BCUT2D eigenvalue weighted by Gasteiger charge is -1.95. The second-order valence-corrected chi connectivity index (χ2v) is 1.40. The van der Waals surface area contributed by atoms with E-state index in [1.54, 1.807) is 6.92 Å². The van der Waals surface area contributed by atoms with E-state index in [4.69, 9.17) is 5.73 Å². The summed E-state index contributed by atoms with van der Waals surface area (Å²) in [4.78, 5) is 20.2. The molecule has 9 heavy (non-hydrogen) atoms. The van der Waals surface area contributed by atoms with Gasteiger partial charge >= 0.3 is 5.97 Å². The third-order valence-corrected chi connectivity index (χ3v) is 0.610. The van der Waals surface area contributed by atoms with Crippen molar-refractivity contribution in [2.45, 2.75) is 13.3 Å². The summed E-state index contributed by atoms with van der Waals surface area (Å²) >= 11 is 0. The molecule has 0 fully saturated rings. The summed E-state index contributed by atoms with van der Waals surface area (Å²) in [5.74, 6) is -1.54. The molecule has 1 N–H and O–H groups in total. The summed E-state index contributed by atoms with van der Waals surface area (Å²) in [6.07, 6.45) is -0.437. The molecule has 0 aliphatic carbocycles. The van der Waals surface area contributed by atoms with Crippen LogP contribution in [0.4, 0.5) is 0 Å². The average Bonchev–Trinajstić information content (AvgIpc) is 1.63. The second-order valence-electron chi connectivity index (χ2n) is 1.40. The number of esters is 1. The molecule has 4 nitrogen and oxygen atoms in total. The minimum absolute atomic E-state index is 0.256. The van der Waals surface area contributed by atoms with Crippen LogP contribution >= 0.6 is 0 Å². The van der Waals surface area contributed by atoms with E-state index in [1.165, 1.54) is 0 Å². The lowest BCUT2D eigenvalue weighted by Crippen LogP contribution is -2.10. The van der Waals surface area contributed by atoms with Gasteiger partial charge in [0.2, 0.25) is 5.91 Å². The van der Waals surface area contributed by atoms with E-state index < -0.39 is 18.3 Å². The minimum atomic E-state index is -0.909. The van der Waals surface area contributed by atoms with E-state index in [2.05, 4.69) is 4.74 Å². The van der Waals surface area contributed by atoms with Crippen LogP contribution in [0.5, 0.6) is 0 Å². The molecule has 0 aromatic carbocycles. The molecule has 0 rings (SSSR count). The Hall–Kier alpha value is -1.06. The van der Waals surface area contributed by atoms with Crippen molar-refractivity contribution in [3.05, 3.63) is 0 Å². The fourth-order valence-corrected chi connectivity index (χ4v) is 0.343. The number of amides is 1. The van der Waals surface area contributed by atoms with Gasteiger partial charge in [-0.25, -0.2) is 0 Å². The first-order valence-electron chi connectivity index (χ1n) is 2.57. The van der Waals surface area contributed by atoms with E-state index >= 15 is 0 Å². The Morgan fingerprint density at radius 3 is 2.44 bits per heavy atom. The van der Waals surface area contributed by atoms with Gasteiger partial charge in [-0.3, -0.25) is 15.3 Å². The number of nitrogens with one attached hydrogen (secondary N) is 1. The molecule has 0 spiro atoms. The summed E-state index contributed by atoms with van der Waals surface area (Å²) < 4.78 is 4.37. The largest absolute Gasteiger partial charge is 0.466 e. The van der Waals surface area contributed by atoms with Crippen molar-refractivity contribution in [3.63, 3.8) is 0 Å². The highest BCUT2D eigenvalue weighted by Crippen LogP contribution is 1.83. The predicted octanol–water partition coefficient (Wildman–Crippen LogP) is -0.251. The summed E-state index contributed by atoms with van der Waals surface area (Å²) in [6.45, 7) is 1.90. The van der Waals surface area contributed by atoms with Crippen LogP contribution in [0.25, 0.3) is 0 Å². The lowest BCUT2D eigenvalue weighted by atomic mass is 10.4. The molecule has 0 aromatic rings. The van der Waals surface area contributed by atoms with Crippen LogP contribution in [0, 0.1) is 0 Å². The first kappa shape index (κ1) is 7.94. The van der Waals surface area contributed by atoms with Crippen LogP contribution < -0.4 is 5.73 Å². The highest BCUT2D eigenvalue weighted by molar-refractivity contribution is 5.92. The maximum absolute atomic E-state index is 10.3. The fraction of sp³-hybridized carbons (Fsp3) is 0.600. The van der Waals surface area contributed by atoms with Gasteiger partial charge in [0.15, 0.2) is 0 Å². The Bertz CT molecular complexity index is 121. The summed E-state index contributed by atoms with van der Waals surface area (Å²) in [7, 11) is 0. The Labute approximate surface area is 53.0 Å². The molecule has 0 saturated heterocycles. The van der Waals surface area contributed by atoms with E-state index in [1.807, 2.05) is 0 Å². The van der Waals surface area contributed by atoms with Gasteiger partial charge in [0, 0.05) is 0 Å². The maximum atomic E-state index is 10.3. The van der Waals surface area contributed by atoms with Crippen LogP contribution in [0.1, 0.15) is 13.3 Å².